The van der Waals surface area contributed by atoms with E-state index in [1.54, 1.807) is 31.4 Å². The first-order chi connectivity index (χ1) is 11.6. The van der Waals surface area contributed by atoms with Gasteiger partial charge in [0.2, 0.25) is 0 Å². The van der Waals surface area contributed by atoms with Crippen molar-refractivity contribution in [2.75, 3.05) is 7.11 Å². The predicted molar refractivity (Wildman–Crippen MR) is 92.9 cm³/mol. The molecule has 3 rings (SSSR count). The zero-order chi connectivity index (χ0) is 17.1. The van der Waals surface area contributed by atoms with E-state index in [0.29, 0.717) is 27.9 Å². The molecule has 1 aromatic heterocycles. The summed E-state index contributed by atoms with van der Waals surface area (Å²) in [6, 6.07) is 14.7. The van der Waals surface area contributed by atoms with Crippen molar-refractivity contribution in [3.05, 3.63) is 64.9 Å². The van der Waals surface area contributed by atoms with Gasteiger partial charge in [0.25, 0.3) is 0 Å². The first kappa shape index (κ1) is 15.6. The van der Waals surface area contributed by atoms with E-state index in [1.807, 2.05) is 30.3 Å². The van der Waals surface area contributed by atoms with E-state index < -0.39 is 0 Å². The molecule has 118 valence electrons. The average Bonchev–Trinajstić information content (AvgIpc) is 2.97. The zero-order valence-corrected chi connectivity index (χ0v) is 13.4. The SMILES string of the molecule is COc1ccc(C=Cc2oc3ccc(C#N)cc3c2C(C)=O)cc1. The quantitative estimate of drug-likeness (QED) is 0.655. The summed E-state index contributed by atoms with van der Waals surface area (Å²) in [6.45, 7) is 1.49. The number of ether oxygens (including phenoxy) is 1. The minimum atomic E-state index is -0.0989. The van der Waals surface area contributed by atoms with E-state index in [1.165, 1.54) is 6.92 Å². The molecule has 0 N–H and O–H groups in total. The molecule has 0 bridgehead atoms. The summed E-state index contributed by atoms with van der Waals surface area (Å²) in [5.74, 6) is 1.17. The Kier molecular flexibility index (Phi) is 4.17. The van der Waals surface area contributed by atoms with E-state index in [-0.39, 0.29) is 5.78 Å². The highest BCUT2D eigenvalue weighted by molar-refractivity contribution is 6.09. The Morgan fingerprint density at radius 3 is 2.54 bits per heavy atom. The van der Waals surface area contributed by atoms with Gasteiger partial charge >= 0.3 is 0 Å². The number of carbonyl (C=O) groups excluding carboxylic acids is 1. The normalized spacial score (nSPS) is 10.9. The van der Waals surface area contributed by atoms with Crippen LogP contribution in [0.5, 0.6) is 5.75 Å². The molecule has 2 aromatic carbocycles. The maximum Gasteiger partial charge on any atom is 0.164 e. The summed E-state index contributed by atoms with van der Waals surface area (Å²) in [5, 5.41) is 9.70. The van der Waals surface area contributed by atoms with Gasteiger partial charge in [-0.1, -0.05) is 18.2 Å². The second-order valence-corrected chi connectivity index (χ2v) is 5.33. The minimum absolute atomic E-state index is 0.0989. The van der Waals surface area contributed by atoms with Gasteiger partial charge in [-0.05, 0) is 48.9 Å². The lowest BCUT2D eigenvalue weighted by Crippen LogP contribution is -1.92. The molecule has 0 aliphatic rings. The van der Waals surface area contributed by atoms with Crippen molar-refractivity contribution in [3.63, 3.8) is 0 Å². The molecule has 0 saturated carbocycles. The van der Waals surface area contributed by atoms with Gasteiger partial charge in [-0.15, -0.1) is 0 Å². The summed E-state index contributed by atoms with van der Waals surface area (Å²) < 4.78 is 10.9. The molecule has 4 nitrogen and oxygen atoms in total. The topological polar surface area (TPSA) is 63.2 Å². The Bertz CT molecular complexity index is 973. The molecule has 0 aliphatic carbocycles. The molecule has 0 aliphatic heterocycles. The Balaban J connectivity index is 2.04. The van der Waals surface area contributed by atoms with Crippen molar-refractivity contribution < 1.29 is 13.9 Å². The van der Waals surface area contributed by atoms with Crippen molar-refractivity contribution in [1.29, 1.82) is 5.26 Å². The van der Waals surface area contributed by atoms with Crippen LogP contribution < -0.4 is 4.74 Å². The van der Waals surface area contributed by atoms with Crippen LogP contribution in [-0.4, -0.2) is 12.9 Å². The number of carbonyl (C=O) groups is 1. The number of ketones is 1. The monoisotopic (exact) mass is 317 g/mol. The summed E-state index contributed by atoms with van der Waals surface area (Å²) in [4.78, 5) is 12.0. The summed E-state index contributed by atoms with van der Waals surface area (Å²) >= 11 is 0. The number of fused-ring (bicyclic) bond motifs is 1. The van der Waals surface area contributed by atoms with E-state index in [0.717, 1.165) is 11.3 Å². The Labute approximate surface area is 139 Å². The number of benzene rings is 2. The molecule has 0 radical (unpaired) electrons. The Hall–Kier alpha value is -3.32. The maximum absolute atomic E-state index is 12.0. The largest absolute Gasteiger partial charge is 0.497 e. The minimum Gasteiger partial charge on any atom is -0.497 e. The van der Waals surface area contributed by atoms with E-state index >= 15 is 0 Å². The van der Waals surface area contributed by atoms with Gasteiger partial charge in [-0.2, -0.15) is 5.26 Å². The van der Waals surface area contributed by atoms with Crippen LogP contribution in [0.1, 0.15) is 34.2 Å². The van der Waals surface area contributed by atoms with Crippen molar-refractivity contribution >= 4 is 28.9 Å². The van der Waals surface area contributed by atoms with E-state index in [4.69, 9.17) is 14.4 Å². The first-order valence-electron chi connectivity index (χ1n) is 7.42. The van der Waals surface area contributed by atoms with Gasteiger partial charge in [0.1, 0.15) is 17.1 Å². The van der Waals surface area contributed by atoms with Crippen molar-refractivity contribution in [2.45, 2.75) is 6.92 Å². The molecule has 1 heterocycles. The summed E-state index contributed by atoms with van der Waals surface area (Å²) in [7, 11) is 1.62. The number of nitriles is 1. The average molecular weight is 317 g/mol. The second kappa shape index (κ2) is 6.43. The zero-order valence-electron chi connectivity index (χ0n) is 13.4. The number of nitrogens with zero attached hydrogens (tertiary/aromatic N) is 1. The van der Waals surface area contributed by atoms with Gasteiger partial charge in [0.05, 0.1) is 24.3 Å². The number of methoxy groups -OCH3 is 1. The van der Waals surface area contributed by atoms with Gasteiger partial charge < -0.3 is 9.15 Å². The number of hydrogen-bond acceptors (Lipinski definition) is 4. The number of rotatable bonds is 4. The van der Waals surface area contributed by atoms with Crippen molar-refractivity contribution in [3.8, 4) is 11.8 Å². The molecular formula is C20H15NO3. The summed E-state index contributed by atoms with van der Waals surface area (Å²) in [6.07, 6.45) is 3.64. The van der Waals surface area contributed by atoms with Crippen LogP contribution in [0.15, 0.2) is 46.9 Å². The highest BCUT2D eigenvalue weighted by Gasteiger charge is 2.16. The third kappa shape index (κ3) is 2.92. The fraction of sp³-hybridized carbons (Fsp3) is 0.100. The molecule has 0 spiro atoms. The molecule has 0 unspecified atom stereocenters. The lowest BCUT2D eigenvalue weighted by molar-refractivity contribution is 0.101. The molecule has 0 amide bonds. The van der Waals surface area contributed by atoms with Crippen LogP contribution >= 0.6 is 0 Å². The van der Waals surface area contributed by atoms with Crippen LogP contribution in [0, 0.1) is 11.3 Å². The fourth-order valence-corrected chi connectivity index (χ4v) is 2.55. The fourth-order valence-electron chi connectivity index (χ4n) is 2.55. The third-order valence-electron chi connectivity index (χ3n) is 3.74. The number of Topliss-reactive ketones (excluding diaryl/α,β-unsaturated/α-hetero) is 1. The Morgan fingerprint density at radius 1 is 1.17 bits per heavy atom. The lowest BCUT2D eigenvalue weighted by atomic mass is 10.0. The predicted octanol–water partition coefficient (Wildman–Crippen LogP) is 4.69. The Morgan fingerprint density at radius 2 is 1.92 bits per heavy atom. The van der Waals surface area contributed by atoms with Crippen LogP contribution in [-0.2, 0) is 0 Å². The highest BCUT2D eigenvalue weighted by Crippen LogP contribution is 2.29. The van der Waals surface area contributed by atoms with Gasteiger partial charge in [0.15, 0.2) is 5.78 Å². The summed E-state index contributed by atoms with van der Waals surface area (Å²) in [5.41, 5.74) is 2.54. The van der Waals surface area contributed by atoms with Crippen LogP contribution in [0.4, 0.5) is 0 Å². The number of furan rings is 1. The molecule has 0 fully saturated rings. The van der Waals surface area contributed by atoms with Crippen LogP contribution in [0.3, 0.4) is 0 Å². The second-order valence-electron chi connectivity index (χ2n) is 5.33. The first-order valence-corrected chi connectivity index (χ1v) is 7.42. The standard InChI is InChI=1S/C20H15NO3/c1-13(22)20-17-11-15(12-21)6-9-18(17)24-19(20)10-5-14-3-7-16(23-2)8-4-14/h3-11H,1-2H3. The molecule has 4 heteroatoms. The maximum atomic E-state index is 12.0. The molecule has 3 aromatic rings. The van der Waals surface area contributed by atoms with E-state index in [2.05, 4.69) is 6.07 Å². The van der Waals surface area contributed by atoms with Crippen LogP contribution in [0.2, 0.25) is 0 Å². The van der Waals surface area contributed by atoms with Gasteiger partial charge in [-0.3, -0.25) is 4.79 Å². The van der Waals surface area contributed by atoms with Crippen LogP contribution in [0.25, 0.3) is 23.1 Å². The van der Waals surface area contributed by atoms with Crippen molar-refractivity contribution in [1.82, 2.24) is 0 Å². The molecule has 0 saturated heterocycles. The van der Waals surface area contributed by atoms with Gasteiger partial charge in [0, 0.05) is 5.39 Å². The molecule has 24 heavy (non-hydrogen) atoms. The smallest absolute Gasteiger partial charge is 0.164 e. The van der Waals surface area contributed by atoms with Gasteiger partial charge in [-0.25, -0.2) is 0 Å². The molecular weight excluding hydrogens is 302 g/mol. The molecule has 0 atom stereocenters. The van der Waals surface area contributed by atoms with Crippen molar-refractivity contribution in [2.24, 2.45) is 0 Å². The van der Waals surface area contributed by atoms with E-state index in [9.17, 15) is 4.79 Å². The lowest BCUT2D eigenvalue weighted by Gasteiger charge is -1.99. The highest BCUT2D eigenvalue weighted by atomic mass is 16.5. The third-order valence-corrected chi connectivity index (χ3v) is 3.74. The number of hydrogen-bond donors (Lipinski definition) is 0.